The Hall–Kier alpha value is -2.48. The van der Waals surface area contributed by atoms with Crippen molar-refractivity contribution in [3.63, 3.8) is 0 Å². The van der Waals surface area contributed by atoms with Gasteiger partial charge in [0, 0.05) is 23.9 Å². The van der Waals surface area contributed by atoms with Gasteiger partial charge >= 0.3 is 0 Å². The Bertz CT molecular complexity index is 982. The first-order chi connectivity index (χ1) is 13.3. The van der Waals surface area contributed by atoms with Gasteiger partial charge in [-0.25, -0.2) is 0 Å². The van der Waals surface area contributed by atoms with Crippen LogP contribution in [0.2, 0.25) is 0 Å². The van der Waals surface area contributed by atoms with E-state index in [1.807, 2.05) is 0 Å². The van der Waals surface area contributed by atoms with Gasteiger partial charge in [-0.1, -0.05) is 48.5 Å². The minimum absolute atomic E-state index is 0.458. The van der Waals surface area contributed by atoms with E-state index in [4.69, 9.17) is 4.98 Å². The molecule has 1 heterocycles. The summed E-state index contributed by atoms with van der Waals surface area (Å²) in [7, 11) is 0. The van der Waals surface area contributed by atoms with E-state index in [0.717, 1.165) is 44.0 Å². The number of hydrogen-bond donors (Lipinski definition) is 0. The first-order valence-electron chi connectivity index (χ1n) is 10.3. The second-order valence-electron chi connectivity index (χ2n) is 8.17. The number of fused-ring (bicyclic) bond motifs is 2. The molecule has 3 aromatic rings. The van der Waals surface area contributed by atoms with Gasteiger partial charge in [-0.05, 0) is 66.7 Å². The molecule has 2 aromatic carbocycles. The highest BCUT2D eigenvalue weighted by Gasteiger charge is 2.31. The Morgan fingerprint density at radius 3 is 2.30 bits per heavy atom. The van der Waals surface area contributed by atoms with E-state index in [9.17, 15) is 4.79 Å². The maximum absolute atomic E-state index is 11.7. The van der Waals surface area contributed by atoms with Crippen molar-refractivity contribution in [2.24, 2.45) is 11.8 Å². The Morgan fingerprint density at radius 1 is 0.778 bits per heavy atom. The molecule has 1 aromatic heterocycles. The number of carbonyl (C=O) groups is 1. The number of carbonyl (C=O) groups excluding carboxylic acids is 1. The molecule has 0 amide bonds. The zero-order valence-electron chi connectivity index (χ0n) is 15.7. The standard InChI is InChI=1S/C25H25NO/c27-20-13-10-17(11-14-20)19-12-15-24-22(16-19)25(18-6-2-1-3-7-18)21-8-4-5-9-23(21)26-24/h1-9,17,19H,10-16H2. The highest BCUT2D eigenvalue weighted by atomic mass is 16.1. The molecular formula is C25H25NO. The first-order valence-corrected chi connectivity index (χ1v) is 10.3. The van der Waals surface area contributed by atoms with Crippen molar-refractivity contribution >= 4 is 16.7 Å². The fourth-order valence-electron chi connectivity index (χ4n) is 5.19. The van der Waals surface area contributed by atoms with Crippen molar-refractivity contribution in [1.82, 2.24) is 4.98 Å². The molecule has 0 radical (unpaired) electrons. The summed E-state index contributed by atoms with van der Waals surface area (Å²) >= 11 is 0. The summed E-state index contributed by atoms with van der Waals surface area (Å²) in [5, 5.41) is 1.27. The lowest BCUT2D eigenvalue weighted by atomic mass is 9.71. The smallest absolute Gasteiger partial charge is 0.132 e. The summed E-state index contributed by atoms with van der Waals surface area (Å²) < 4.78 is 0. The van der Waals surface area contributed by atoms with Crippen LogP contribution in [-0.4, -0.2) is 10.8 Å². The normalized spacial score (nSPS) is 20.6. The van der Waals surface area contributed by atoms with Crippen LogP contribution in [0.5, 0.6) is 0 Å². The zero-order valence-corrected chi connectivity index (χ0v) is 15.7. The van der Waals surface area contributed by atoms with Crippen LogP contribution in [0.3, 0.4) is 0 Å². The second-order valence-corrected chi connectivity index (χ2v) is 8.17. The molecule has 2 aliphatic rings. The number of para-hydroxylation sites is 1. The molecule has 27 heavy (non-hydrogen) atoms. The topological polar surface area (TPSA) is 30.0 Å². The van der Waals surface area contributed by atoms with Gasteiger partial charge < -0.3 is 0 Å². The molecule has 1 saturated carbocycles. The van der Waals surface area contributed by atoms with E-state index < -0.39 is 0 Å². The molecule has 0 N–H and O–H groups in total. The summed E-state index contributed by atoms with van der Waals surface area (Å²) in [5.74, 6) is 1.85. The highest BCUT2D eigenvalue weighted by molar-refractivity contribution is 5.96. The third kappa shape index (κ3) is 3.07. The Balaban J connectivity index is 1.60. The summed E-state index contributed by atoms with van der Waals surface area (Å²) in [6, 6.07) is 19.4. The van der Waals surface area contributed by atoms with Crippen LogP contribution in [0, 0.1) is 11.8 Å². The predicted molar refractivity (Wildman–Crippen MR) is 110 cm³/mol. The molecule has 0 aliphatic heterocycles. The third-order valence-electron chi connectivity index (χ3n) is 6.61. The molecular weight excluding hydrogens is 330 g/mol. The molecule has 0 bridgehead atoms. The number of hydrogen-bond acceptors (Lipinski definition) is 2. The molecule has 1 atom stereocenters. The van der Waals surface area contributed by atoms with Gasteiger partial charge in [-0.2, -0.15) is 0 Å². The summed E-state index contributed by atoms with van der Waals surface area (Å²) in [6.45, 7) is 0. The van der Waals surface area contributed by atoms with Gasteiger partial charge in [-0.15, -0.1) is 0 Å². The average Bonchev–Trinajstić information content (AvgIpc) is 2.73. The number of aryl methyl sites for hydroxylation is 1. The molecule has 0 spiro atoms. The molecule has 2 heteroatoms. The number of Topliss-reactive ketones (excluding diaryl/α,β-unsaturated/α-hetero) is 1. The van der Waals surface area contributed by atoms with Crippen molar-refractivity contribution in [2.75, 3.05) is 0 Å². The van der Waals surface area contributed by atoms with Crippen molar-refractivity contribution in [2.45, 2.75) is 44.9 Å². The van der Waals surface area contributed by atoms with E-state index in [2.05, 4.69) is 54.6 Å². The minimum atomic E-state index is 0.458. The van der Waals surface area contributed by atoms with Crippen LogP contribution in [0.1, 0.15) is 43.4 Å². The van der Waals surface area contributed by atoms with Crippen LogP contribution >= 0.6 is 0 Å². The Labute approximate surface area is 160 Å². The SMILES string of the molecule is O=C1CCC(C2CCc3nc4ccccc4c(-c4ccccc4)c3C2)CC1. The largest absolute Gasteiger partial charge is 0.300 e. The second kappa shape index (κ2) is 6.92. The van der Waals surface area contributed by atoms with Gasteiger partial charge in [0.15, 0.2) is 0 Å². The maximum atomic E-state index is 11.7. The van der Waals surface area contributed by atoms with E-state index in [1.54, 1.807) is 0 Å². The van der Waals surface area contributed by atoms with Gasteiger partial charge in [-0.3, -0.25) is 9.78 Å². The number of ketones is 1. The number of rotatable bonds is 2. The first kappa shape index (κ1) is 16.7. The van der Waals surface area contributed by atoms with Crippen molar-refractivity contribution in [1.29, 1.82) is 0 Å². The molecule has 1 unspecified atom stereocenters. The number of aromatic nitrogens is 1. The zero-order chi connectivity index (χ0) is 18.2. The lowest BCUT2D eigenvalue weighted by Crippen LogP contribution is -2.27. The molecule has 5 rings (SSSR count). The fourth-order valence-corrected chi connectivity index (χ4v) is 5.19. The average molecular weight is 355 g/mol. The van der Waals surface area contributed by atoms with Crippen LogP contribution in [0.25, 0.3) is 22.0 Å². The van der Waals surface area contributed by atoms with E-state index >= 15 is 0 Å². The summed E-state index contributed by atoms with van der Waals surface area (Å²) in [5.41, 5.74) is 6.53. The van der Waals surface area contributed by atoms with Crippen molar-refractivity contribution in [3.05, 3.63) is 65.9 Å². The molecule has 2 aliphatic carbocycles. The number of benzene rings is 2. The van der Waals surface area contributed by atoms with E-state index in [0.29, 0.717) is 17.6 Å². The monoisotopic (exact) mass is 355 g/mol. The van der Waals surface area contributed by atoms with Crippen molar-refractivity contribution in [3.8, 4) is 11.1 Å². The maximum Gasteiger partial charge on any atom is 0.132 e. The molecule has 2 nitrogen and oxygen atoms in total. The number of pyridine rings is 1. The molecule has 136 valence electrons. The number of nitrogens with zero attached hydrogens (tertiary/aromatic N) is 1. The molecule has 0 saturated heterocycles. The summed E-state index contributed by atoms with van der Waals surface area (Å²) in [4.78, 5) is 16.7. The van der Waals surface area contributed by atoms with Crippen LogP contribution in [0.4, 0.5) is 0 Å². The molecule has 1 fully saturated rings. The quantitative estimate of drug-likeness (QED) is 0.584. The highest BCUT2D eigenvalue weighted by Crippen LogP contribution is 2.42. The van der Waals surface area contributed by atoms with E-state index in [1.165, 1.54) is 34.2 Å². The van der Waals surface area contributed by atoms with Gasteiger partial charge in [0.05, 0.1) is 5.52 Å². The fraction of sp³-hybridized carbons (Fsp3) is 0.360. The Kier molecular flexibility index (Phi) is 4.27. The lowest BCUT2D eigenvalue weighted by molar-refractivity contribution is -0.121. The van der Waals surface area contributed by atoms with Gasteiger partial charge in [0.25, 0.3) is 0 Å². The van der Waals surface area contributed by atoms with Crippen LogP contribution < -0.4 is 0 Å². The van der Waals surface area contributed by atoms with Crippen molar-refractivity contribution < 1.29 is 4.79 Å². The van der Waals surface area contributed by atoms with Gasteiger partial charge in [0.2, 0.25) is 0 Å². The van der Waals surface area contributed by atoms with Crippen LogP contribution in [-0.2, 0) is 17.6 Å². The van der Waals surface area contributed by atoms with Gasteiger partial charge in [0.1, 0.15) is 5.78 Å². The minimum Gasteiger partial charge on any atom is -0.300 e. The Morgan fingerprint density at radius 2 is 1.48 bits per heavy atom. The summed E-state index contributed by atoms with van der Waals surface area (Å²) in [6.07, 6.45) is 7.13. The lowest BCUT2D eigenvalue weighted by Gasteiger charge is -2.34. The predicted octanol–water partition coefficient (Wildman–Crippen LogP) is 5.77. The van der Waals surface area contributed by atoms with Crippen LogP contribution in [0.15, 0.2) is 54.6 Å². The third-order valence-corrected chi connectivity index (χ3v) is 6.61. The van der Waals surface area contributed by atoms with E-state index in [-0.39, 0.29) is 0 Å².